The van der Waals surface area contributed by atoms with Gasteiger partial charge in [0.05, 0.1) is 22.7 Å². The summed E-state index contributed by atoms with van der Waals surface area (Å²) in [6.45, 7) is 0.633. The van der Waals surface area contributed by atoms with Crippen LogP contribution in [0.15, 0.2) is 46.2 Å². The molecule has 1 aliphatic rings. The van der Waals surface area contributed by atoms with Gasteiger partial charge in [-0.15, -0.1) is 0 Å². The van der Waals surface area contributed by atoms with Gasteiger partial charge in [-0.3, -0.25) is 23.7 Å². The average molecular weight is 379 g/mol. The van der Waals surface area contributed by atoms with E-state index < -0.39 is 5.69 Å². The van der Waals surface area contributed by atoms with Crippen molar-refractivity contribution in [2.45, 2.75) is 25.3 Å². The van der Waals surface area contributed by atoms with Crippen LogP contribution in [0.4, 0.5) is 0 Å². The fourth-order valence-electron chi connectivity index (χ4n) is 3.79. The number of fused-ring (bicyclic) bond motifs is 1. The van der Waals surface area contributed by atoms with Gasteiger partial charge in [-0.25, -0.2) is 9.78 Å². The molecule has 0 saturated carbocycles. The van der Waals surface area contributed by atoms with Crippen molar-refractivity contribution in [3.05, 3.63) is 68.8 Å². The maximum Gasteiger partial charge on any atom is 0.332 e. The number of hydrogen-bond acceptors (Lipinski definition) is 5. The molecule has 0 aromatic carbocycles. The van der Waals surface area contributed by atoms with Crippen LogP contribution in [0, 0.1) is 0 Å². The van der Waals surface area contributed by atoms with E-state index in [2.05, 4.69) is 9.97 Å². The predicted octanol–water partition coefficient (Wildman–Crippen LogP) is 1.39. The standard InChI is InChI=1S/C20H21N5O3/c1-23-17-14(19(27)24(2)20(23)28)8-9-15(22-17)16-7-3-4-11-25(16)18(26)13-6-5-10-21-12-13/h5-6,8-10,12,16H,3-4,7,11H2,1-2H3/t16-/m1/s1. The molecule has 144 valence electrons. The molecule has 1 fully saturated rings. The molecule has 3 aromatic rings. The number of carbonyl (C=O) groups excluding carboxylic acids is 1. The van der Waals surface area contributed by atoms with Gasteiger partial charge in [0.25, 0.3) is 11.5 Å². The number of aryl methyl sites for hydroxylation is 1. The van der Waals surface area contributed by atoms with Crippen molar-refractivity contribution in [2.24, 2.45) is 14.1 Å². The molecule has 4 heterocycles. The lowest BCUT2D eigenvalue weighted by Crippen LogP contribution is -2.40. The smallest absolute Gasteiger partial charge is 0.330 e. The first kappa shape index (κ1) is 18.1. The van der Waals surface area contributed by atoms with Crippen molar-refractivity contribution >= 4 is 16.9 Å². The van der Waals surface area contributed by atoms with Gasteiger partial charge in [0, 0.05) is 33.0 Å². The Hall–Kier alpha value is -3.29. The van der Waals surface area contributed by atoms with Crippen molar-refractivity contribution in [1.82, 2.24) is 24.0 Å². The minimum Gasteiger partial charge on any atom is -0.330 e. The summed E-state index contributed by atoms with van der Waals surface area (Å²) in [6.07, 6.45) is 5.89. The Bertz CT molecular complexity index is 1170. The van der Waals surface area contributed by atoms with Crippen molar-refractivity contribution < 1.29 is 4.79 Å². The number of rotatable bonds is 2. The maximum absolute atomic E-state index is 13.0. The van der Waals surface area contributed by atoms with Crippen molar-refractivity contribution in [2.75, 3.05) is 6.54 Å². The molecule has 0 radical (unpaired) electrons. The summed E-state index contributed by atoms with van der Waals surface area (Å²) in [6, 6.07) is 6.77. The van der Waals surface area contributed by atoms with Gasteiger partial charge < -0.3 is 4.90 Å². The molecule has 0 bridgehead atoms. The summed E-state index contributed by atoms with van der Waals surface area (Å²) in [5, 5.41) is 0.384. The van der Waals surface area contributed by atoms with Crippen LogP contribution in [-0.4, -0.2) is 36.5 Å². The Morgan fingerprint density at radius 3 is 2.68 bits per heavy atom. The van der Waals surface area contributed by atoms with Crippen molar-refractivity contribution in [3.63, 3.8) is 0 Å². The summed E-state index contributed by atoms with van der Waals surface area (Å²) in [4.78, 5) is 48.1. The minimum atomic E-state index is -0.422. The number of pyridine rings is 2. The van der Waals surface area contributed by atoms with Crippen LogP contribution < -0.4 is 11.2 Å². The van der Waals surface area contributed by atoms with E-state index in [1.807, 2.05) is 4.90 Å². The molecule has 3 aromatic heterocycles. The monoisotopic (exact) mass is 379 g/mol. The van der Waals surface area contributed by atoms with Crippen LogP contribution in [0.1, 0.15) is 41.4 Å². The molecular formula is C20H21N5O3. The normalized spacial score (nSPS) is 17.1. The molecule has 0 spiro atoms. The van der Waals surface area contributed by atoms with Crippen LogP contribution in [-0.2, 0) is 14.1 Å². The molecule has 1 atom stereocenters. The van der Waals surface area contributed by atoms with Crippen LogP contribution in [0.2, 0.25) is 0 Å². The molecule has 28 heavy (non-hydrogen) atoms. The molecule has 0 unspecified atom stereocenters. The molecule has 8 nitrogen and oxygen atoms in total. The second-order valence-electron chi connectivity index (χ2n) is 7.06. The number of likely N-dealkylation sites (tertiary alicyclic amines) is 1. The van der Waals surface area contributed by atoms with Crippen LogP contribution >= 0.6 is 0 Å². The molecule has 0 N–H and O–H groups in total. The van der Waals surface area contributed by atoms with Gasteiger partial charge in [-0.2, -0.15) is 0 Å². The molecule has 1 saturated heterocycles. The summed E-state index contributed by atoms with van der Waals surface area (Å²) in [7, 11) is 3.05. The third kappa shape index (κ3) is 2.90. The molecular weight excluding hydrogens is 358 g/mol. The van der Waals surface area contributed by atoms with Gasteiger partial charge in [0.1, 0.15) is 5.65 Å². The Kier molecular flexibility index (Phi) is 4.54. The second kappa shape index (κ2) is 7.03. The van der Waals surface area contributed by atoms with Gasteiger partial charge >= 0.3 is 5.69 Å². The topological polar surface area (TPSA) is 90.1 Å². The Morgan fingerprint density at radius 1 is 1.11 bits per heavy atom. The molecule has 1 aliphatic heterocycles. The van der Waals surface area contributed by atoms with Crippen LogP contribution in [0.25, 0.3) is 11.0 Å². The van der Waals surface area contributed by atoms with E-state index in [0.717, 1.165) is 23.8 Å². The number of amides is 1. The molecule has 4 rings (SSSR count). The zero-order chi connectivity index (χ0) is 19.8. The highest BCUT2D eigenvalue weighted by Crippen LogP contribution is 2.31. The van der Waals surface area contributed by atoms with Crippen LogP contribution in [0.3, 0.4) is 0 Å². The largest absolute Gasteiger partial charge is 0.332 e. The lowest BCUT2D eigenvalue weighted by molar-refractivity contribution is 0.0606. The highest BCUT2D eigenvalue weighted by atomic mass is 16.2. The fourth-order valence-corrected chi connectivity index (χ4v) is 3.79. The van der Waals surface area contributed by atoms with Gasteiger partial charge in [-0.1, -0.05) is 0 Å². The van der Waals surface area contributed by atoms with E-state index in [0.29, 0.717) is 28.8 Å². The fraction of sp³-hybridized carbons (Fsp3) is 0.350. The summed E-state index contributed by atoms with van der Waals surface area (Å²) in [5.41, 5.74) is 0.771. The number of piperidine rings is 1. The average Bonchev–Trinajstić information content (AvgIpc) is 2.76. The van der Waals surface area contributed by atoms with Crippen LogP contribution in [0.5, 0.6) is 0 Å². The zero-order valence-electron chi connectivity index (χ0n) is 15.8. The van der Waals surface area contributed by atoms with E-state index in [1.54, 1.807) is 43.7 Å². The summed E-state index contributed by atoms with van der Waals surface area (Å²) in [5.74, 6) is -0.0856. The van der Waals surface area contributed by atoms with Gasteiger partial charge in [-0.05, 0) is 43.5 Å². The molecule has 8 heteroatoms. The number of aromatic nitrogens is 4. The number of hydrogen-bond donors (Lipinski definition) is 0. The number of carbonyl (C=O) groups is 1. The summed E-state index contributed by atoms with van der Waals surface area (Å²) < 4.78 is 2.44. The molecule has 0 aliphatic carbocycles. The zero-order valence-corrected chi connectivity index (χ0v) is 15.8. The van der Waals surface area contributed by atoms with Crippen molar-refractivity contribution in [3.8, 4) is 0 Å². The van der Waals surface area contributed by atoms with E-state index in [9.17, 15) is 14.4 Å². The first-order valence-electron chi connectivity index (χ1n) is 9.26. The Balaban J connectivity index is 1.80. The maximum atomic E-state index is 13.0. The van der Waals surface area contributed by atoms with Gasteiger partial charge in [0.2, 0.25) is 0 Å². The molecule has 1 amide bonds. The quantitative estimate of drug-likeness (QED) is 0.671. The van der Waals surface area contributed by atoms with E-state index in [4.69, 9.17) is 0 Å². The lowest BCUT2D eigenvalue weighted by atomic mass is 9.97. The highest BCUT2D eigenvalue weighted by molar-refractivity contribution is 5.94. The second-order valence-corrected chi connectivity index (χ2v) is 7.06. The predicted molar refractivity (Wildman–Crippen MR) is 104 cm³/mol. The van der Waals surface area contributed by atoms with Crippen molar-refractivity contribution in [1.29, 1.82) is 0 Å². The number of nitrogens with zero attached hydrogens (tertiary/aromatic N) is 5. The minimum absolute atomic E-state index is 0.0856. The Labute approximate surface area is 161 Å². The Morgan fingerprint density at radius 2 is 1.93 bits per heavy atom. The highest BCUT2D eigenvalue weighted by Gasteiger charge is 2.30. The first-order valence-corrected chi connectivity index (χ1v) is 9.26. The third-order valence-electron chi connectivity index (χ3n) is 5.34. The van der Waals surface area contributed by atoms with E-state index in [1.165, 1.54) is 11.6 Å². The third-order valence-corrected chi connectivity index (χ3v) is 5.34. The lowest BCUT2D eigenvalue weighted by Gasteiger charge is -2.35. The van der Waals surface area contributed by atoms with E-state index in [-0.39, 0.29) is 17.5 Å². The van der Waals surface area contributed by atoms with Gasteiger partial charge in [0.15, 0.2) is 0 Å². The summed E-state index contributed by atoms with van der Waals surface area (Å²) >= 11 is 0. The SMILES string of the molecule is Cn1c(=O)c2ccc([C@H]3CCCCN3C(=O)c3cccnc3)nc2n(C)c1=O. The van der Waals surface area contributed by atoms with E-state index >= 15 is 0 Å². The first-order chi connectivity index (χ1) is 13.5.